The third-order valence-electron chi connectivity index (χ3n) is 2.16. The molecule has 1 heteroatoms. The minimum absolute atomic E-state index is 0.360. The van der Waals surface area contributed by atoms with Gasteiger partial charge in [-0.3, -0.25) is 0 Å². The molecule has 0 fully saturated rings. The van der Waals surface area contributed by atoms with E-state index >= 15 is 0 Å². The maximum absolute atomic E-state index is 5.35. The molecule has 0 amide bonds. The lowest BCUT2D eigenvalue weighted by atomic mass is 9.96. The SMILES string of the molecule is C=CC(C)(OC)c1ccccc1. The number of hydrogen-bond acceptors (Lipinski definition) is 1. The van der Waals surface area contributed by atoms with Gasteiger partial charge in [0, 0.05) is 7.11 Å². The van der Waals surface area contributed by atoms with Gasteiger partial charge in [-0.05, 0) is 12.5 Å². The van der Waals surface area contributed by atoms with Crippen LogP contribution < -0.4 is 0 Å². The van der Waals surface area contributed by atoms with Crippen LogP contribution in [0.4, 0.5) is 0 Å². The first-order valence-corrected chi connectivity index (χ1v) is 3.97. The van der Waals surface area contributed by atoms with E-state index in [4.69, 9.17) is 4.74 Å². The smallest absolute Gasteiger partial charge is 0.108 e. The lowest BCUT2D eigenvalue weighted by molar-refractivity contribution is 0.0465. The van der Waals surface area contributed by atoms with Crippen LogP contribution in [0.25, 0.3) is 0 Å². The van der Waals surface area contributed by atoms with Crippen LogP contribution in [0.5, 0.6) is 0 Å². The van der Waals surface area contributed by atoms with Gasteiger partial charge in [-0.1, -0.05) is 43.0 Å². The molecule has 0 saturated heterocycles. The molecule has 1 aromatic rings. The van der Waals surface area contributed by atoms with E-state index in [0.717, 1.165) is 5.56 Å². The molecule has 0 spiro atoms. The van der Waals surface area contributed by atoms with Gasteiger partial charge in [0.1, 0.15) is 5.60 Å². The molecule has 0 aromatic heterocycles. The quantitative estimate of drug-likeness (QED) is 0.621. The summed E-state index contributed by atoms with van der Waals surface area (Å²) in [6, 6.07) is 10.0. The molecule has 64 valence electrons. The molecule has 12 heavy (non-hydrogen) atoms. The topological polar surface area (TPSA) is 9.23 Å². The second-order valence-electron chi connectivity index (χ2n) is 2.88. The highest BCUT2D eigenvalue weighted by atomic mass is 16.5. The maximum Gasteiger partial charge on any atom is 0.108 e. The lowest BCUT2D eigenvalue weighted by Crippen LogP contribution is -2.20. The molecule has 0 aliphatic heterocycles. The summed E-state index contributed by atoms with van der Waals surface area (Å²) in [5, 5.41) is 0. The molecule has 0 aliphatic carbocycles. The Morgan fingerprint density at radius 3 is 2.33 bits per heavy atom. The zero-order chi connectivity index (χ0) is 9.03. The van der Waals surface area contributed by atoms with Gasteiger partial charge in [0.15, 0.2) is 0 Å². The normalized spacial score (nSPS) is 15.2. The standard InChI is InChI=1S/C11H14O/c1-4-11(2,12-3)10-8-6-5-7-9-10/h4-9H,1H2,2-3H3. The number of benzene rings is 1. The molecule has 1 aromatic carbocycles. The molecule has 0 heterocycles. The van der Waals surface area contributed by atoms with Crippen molar-refractivity contribution < 1.29 is 4.74 Å². The third kappa shape index (κ3) is 1.56. The van der Waals surface area contributed by atoms with E-state index < -0.39 is 0 Å². The Bertz CT molecular complexity index is 253. The monoisotopic (exact) mass is 162 g/mol. The maximum atomic E-state index is 5.35. The lowest BCUT2D eigenvalue weighted by Gasteiger charge is -2.24. The zero-order valence-electron chi connectivity index (χ0n) is 7.58. The zero-order valence-corrected chi connectivity index (χ0v) is 7.58. The first-order valence-electron chi connectivity index (χ1n) is 3.97. The van der Waals surface area contributed by atoms with Gasteiger partial charge in [-0.15, -0.1) is 0 Å². The summed E-state index contributed by atoms with van der Waals surface area (Å²) in [5.41, 5.74) is 0.767. The molecule has 1 rings (SSSR count). The van der Waals surface area contributed by atoms with Crippen molar-refractivity contribution >= 4 is 0 Å². The molecule has 1 atom stereocenters. The van der Waals surface area contributed by atoms with Gasteiger partial charge in [0.2, 0.25) is 0 Å². The van der Waals surface area contributed by atoms with Crippen LogP contribution in [-0.2, 0) is 10.3 Å². The van der Waals surface area contributed by atoms with Gasteiger partial charge in [-0.25, -0.2) is 0 Å². The van der Waals surface area contributed by atoms with Crippen LogP contribution in [0.15, 0.2) is 43.0 Å². The summed E-state index contributed by atoms with van der Waals surface area (Å²) in [4.78, 5) is 0. The van der Waals surface area contributed by atoms with Gasteiger partial charge in [0.05, 0.1) is 0 Å². The van der Waals surface area contributed by atoms with Crippen LogP contribution in [0.3, 0.4) is 0 Å². The summed E-state index contributed by atoms with van der Waals surface area (Å²) < 4.78 is 5.35. The Morgan fingerprint density at radius 1 is 1.33 bits per heavy atom. The van der Waals surface area contributed by atoms with Crippen LogP contribution in [-0.4, -0.2) is 7.11 Å². The van der Waals surface area contributed by atoms with E-state index in [1.54, 1.807) is 7.11 Å². The van der Waals surface area contributed by atoms with Gasteiger partial charge in [0.25, 0.3) is 0 Å². The fraction of sp³-hybridized carbons (Fsp3) is 0.273. The third-order valence-corrected chi connectivity index (χ3v) is 2.16. The molecule has 1 unspecified atom stereocenters. The van der Waals surface area contributed by atoms with Gasteiger partial charge >= 0.3 is 0 Å². The summed E-state index contributed by atoms with van der Waals surface area (Å²) in [7, 11) is 1.69. The number of ether oxygens (including phenoxy) is 1. The van der Waals surface area contributed by atoms with Crippen molar-refractivity contribution in [2.24, 2.45) is 0 Å². The Kier molecular flexibility index (Phi) is 2.66. The Morgan fingerprint density at radius 2 is 1.92 bits per heavy atom. The predicted molar refractivity (Wildman–Crippen MR) is 51.0 cm³/mol. The van der Waals surface area contributed by atoms with E-state index in [9.17, 15) is 0 Å². The summed E-state index contributed by atoms with van der Waals surface area (Å²) in [6.07, 6.45) is 1.81. The largest absolute Gasteiger partial charge is 0.370 e. The van der Waals surface area contributed by atoms with E-state index in [0.29, 0.717) is 0 Å². The highest BCUT2D eigenvalue weighted by molar-refractivity contribution is 5.25. The van der Waals surface area contributed by atoms with E-state index in [-0.39, 0.29) is 5.60 Å². The fourth-order valence-corrected chi connectivity index (χ4v) is 1.09. The van der Waals surface area contributed by atoms with Crippen molar-refractivity contribution in [3.05, 3.63) is 48.6 Å². The van der Waals surface area contributed by atoms with Crippen molar-refractivity contribution in [3.8, 4) is 0 Å². The number of methoxy groups -OCH3 is 1. The van der Waals surface area contributed by atoms with E-state index in [2.05, 4.69) is 6.58 Å². The average molecular weight is 162 g/mol. The van der Waals surface area contributed by atoms with Crippen LogP contribution >= 0.6 is 0 Å². The molecule has 0 aliphatic rings. The summed E-state index contributed by atoms with van der Waals surface area (Å²) in [6.45, 7) is 5.75. The highest BCUT2D eigenvalue weighted by Crippen LogP contribution is 2.24. The van der Waals surface area contributed by atoms with Crippen molar-refractivity contribution in [1.82, 2.24) is 0 Å². The Labute approximate surface area is 73.7 Å². The number of rotatable bonds is 3. The second kappa shape index (κ2) is 3.55. The second-order valence-corrected chi connectivity index (χ2v) is 2.88. The molecule has 1 nitrogen and oxygen atoms in total. The van der Waals surface area contributed by atoms with E-state index in [1.165, 1.54) is 0 Å². The fourth-order valence-electron chi connectivity index (χ4n) is 1.09. The van der Waals surface area contributed by atoms with Crippen LogP contribution in [0, 0.1) is 0 Å². The molecule has 0 bridgehead atoms. The molecular formula is C11H14O. The summed E-state index contributed by atoms with van der Waals surface area (Å²) in [5.74, 6) is 0. The Hall–Kier alpha value is -1.08. The predicted octanol–water partition coefficient (Wildman–Crippen LogP) is 2.73. The molecule has 0 N–H and O–H groups in total. The highest BCUT2D eigenvalue weighted by Gasteiger charge is 2.20. The number of hydrogen-bond donors (Lipinski definition) is 0. The van der Waals surface area contributed by atoms with Crippen LogP contribution in [0.1, 0.15) is 12.5 Å². The minimum Gasteiger partial charge on any atom is -0.370 e. The minimum atomic E-state index is -0.360. The van der Waals surface area contributed by atoms with Crippen molar-refractivity contribution in [3.63, 3.8) is 0 Å². The van der Waals surface area contributed by atoms with Crippen molar-refractivity contribution in [1.29, 1.82) is 0 Å². The van der Waals surface area contributed by atoms with Gasteiger partial charge in [-0.2, -0.15) is 0 Å². The molecule has 0 saturated carbocycles. The first kappa shape index (κ1) is 9.01. The van der Waals surface area contributed by atoms with E-state index in [1.807, 2.05) is 43.3 Å². The first-order chi connectivity index (χ1) is 5.73. The average Bonchev–Trinajstić information content (AvgIpc) is 2.18. The molecular weight excluding hydrogens is 148 g/mol. The van der Waals surface area contributed by atoms with Gasteiger partial charge < -0.3 is 4.74 Å². The van der Waals surface area contributed by atoms with Crippen molar-refractivity contribution in [2.75, 3.05) is 7.11 Å². The Balaban J connectivity index is 3.03. The van der Waals surface area contributed by atoms with Crippen LogP contribution in [0.2, 0.25) is 0 Å². The summed E-state index contributed by atoms with van der Waals surface area (Å²) >= 11 is 0. The molecule has 0 radical (unpaired) electrons. The van der Waals surface area contributed by atoms with Crippen molar-refractivity contribution in [2.45, 2.75) is 12.5 Å².